The van der Waals surface area contributed by atoms with Crippen LogP contribution >= 0.6 is 11.3 Å². The number of pyridine rings is 1. The van der Waals surface area contributed by atoms with Crippen molar-refractivity contribution in [1.29, 1.82) is 0 Å². The van der Waals surface area contributed by atoms with Gasteiger partial charge in [0.25, 0.3) is 0 Å². The van der Waals surface area contributed by atoms with E-state index in [0.717, 1.165) is 23.1 Å². The molecule has 2 aromatic heterocycles. The van der Waals surface area contributed by atoms with E-state index >= 15 is 0 Å². The van der Waals surface area contributed by atoms with Crippen LogP contribution in [0.25, 0.3) is 10.2 Å². The molecule has 0 aromatic carbocycles. The summed E-state index contributed by atoms with van der Waals surface area (Å²) in [4.78, 5) is 16.2. The van der Waals surface area contributed by atoms with Crippen LogP contribution < -0.4 is 0 Å². The number of carbonyl (C=O) groups excluding carboxylic acids is 1. The van der Waals surface area contributed by atoms with Gasteiger partial charge in [-0.1, -0.05) is 0 Å². The van der Waals surface area contributed by atoms with Gasteiger partial charge in [-0.25, -0.2) is 8.42 Å². The van der Waals surface area contributed by atoms with Gasteiger partial charge in [-0.2, -0.15) is 4.31 Å². The largest absolute Gasteiger partial charge is 0.300 e. The molecule has 0 N–H and O–H groups in total. The Morgan fingerprint density at radius 2 is 2.14 bits per heavy atom. The van der Waals surface area contributed by atoms with Gasteiger partial charge in [-0.05, 0) is 36.3 Å². The Morgan fingerprint density at radius 1 is 1.32 bits per heavy atom. The number of rotatable bonds is 3. The van der Waals surface area contributed by atoms with Gasteiger partial charge in [0.15, 0.2) is 0 Å². The highest BCUT2D eigenvalue weighted by molar-refractivity contribution is 7.89. The number of Topliss-reactive ketones (excluding diaryl/α,β-unsaturated/α-hetero) is 1. The maximum atomic E-state index is 13.0. The lowest BCUT2D eigenvalue weighted by molar-refractivity contribution is -0.122. The minimum absolute atomic E-state index is 0.162. The van der Waals surface area contributed by atoms with Crippen molar-refractivity contribution in [2.45, 2.75) is 36.6 Å². The van der Waals surface area contributed by atoms with Crippen molar-refractivity contribution in [3.63, 3.8) is 0 Å². The predicted octanol–water partition coefficient (Wildman–Crippen LogP) is 2.43. The predicted molar refractivity (Wildman–Crippen MR) is 84.3 cm³/mol. The van der Waals surface area contributed by atoms with Gasteiger partial charge in [0.1, 0.15) is 10.7 Å². The Labute approximate surface area is 133 Å². The van der Waals surface area contributed by atoms with E-state index in [0.29, 0.717) is 25.3 Å². The SMILES string of the molecule is O=C1CCN(S(=O)(=O)c2cnc3ccsc3c2)C(C2CC2)C1. The first-order valence-corrected chi connectivity index (χ1v) is 9.74. The summed E-state index contributed by atoms with van der Waals surface area (Å²) >= 11 is 1.48. The fourth-order valence-corrected chi connectivity index (χ4v) is 5.64. The van der Waals surface area contributed by atoms with E-state index in [4.69, 9.17) is 0 Å². The number of thiophene rings is 1. The van der Waals surface area contributed by atoms with Gasteiger partial charge in [-0.3, -0.25) is 9.78 Å². The molecule has 4 rings (SSSR count). The molecule has 1 saturated heterocycles. The number of ketones is 1. The number of sulfonamides is 1. The van der Waals surface area contributed by atoms with E-state index in [1.165, 1.54) is 17.5 Å². The maximum absolute atomic E-state index is 13.0. The zero-order valence-electron chi connectivity index (χ0n) is 11.9. The smallest absolute Gasteiger partial charge is 0.244 e. The molecule has 2 aromatic rings. The lowest BCUT2D eigenvalue weighted by atomic mass is 10.00. The molecule has 116 valence electrons. The summed E-state index contributed by atoms with van der Waals surface area (Å²) in [5.41, 5.74) is 0.816. The second-order valence-electron chi connectivity index (χ2n) is 5.99. The number of fused-ring (bicyclic) bond motifs is 1. The van der Waals surface area contributed by atoms with Gasteiger partial charge >= 0.3 is 0 Å². The van der Waals surface area contributed by atoms with Crippen LogP contribution in [0, 0.1) is 5.92 Å². The van der Waals surface area contributed by atoms with Gasteiger partial charge in [0.05, 0.1) is 10.2 Å². The number of carbonyl (C=O) groups is 1. The highest BCUT2D eigenvalue weighted by Gasteiger charge is 2.44. The first-order valence-electron chi connectivity index (χ1n) is 7.42. The molecule has 0 spiro atoms. The van der Waals surface area contributed by atoms with Gasteiger partial charge in [0, 0.05) is 31.6 Å². The van der Waals surface area contributed by atoms with Crippen molar-refractivity contribution >= 4 is 37.4 Å². The van der Waals surface area contributed by atoms with Crippen molar-refractivity contribution in [1.82, 2.24) is 9.29 Å². The molecule has 5 nitrogen and oxygen atoms in total. The average molecular weight is 336 g/mol. The molecule has 1 atom stereocenters. The Bertz CT molecular complexity index is 839. The minimum atomic E-state index is -3.58. The van der Waals surface area contributed by atoms with Crippen LogP contribution in [0.1, 0.15) is 25.7 Å². The Hall–Kier alpha value is -1.31. The zero-order chi connectivity index (χ0) is 15.3. The number of aromatic nitrogens is 1. The van der Waals surface area contributed by atoms with Crippen molar-refractivity contribution in [2.75, 3.05) is 6.54 Å². The van der Waals surface area contributed by atoms with Crippen LogP contribution in [-0.2, 0) is 14.8 Å². The second kappa shape index (κ2) is 5.11. The number of hydrogen-bond acceptors (Lipinski definition) is 5. The number of hydrogen-bond donors (Lipinski definition) is 0. The molecular formula is C15H16N2O3S2. The molecule has 22 heavy (non-hydrogen) atoms. The Balaban J connectivity index is 1.73. The lowest BCUT2D eigenvalue weighted by Crippen LogP contribution is -2.47. The highest BCUT2D eigenvalue weighted by atomic mass is 32.2. The summed E-state index contributed by atoms with van der Waals surface area (Å²) < 4.78 is 28.4. The van der Waals surface area contributed by atoms with E-state index in [1.807, 2.05) is 11.4 Å². The van der Waals surface area contributed by atoms with Crippen molar-refractivity contribution in [3.8, 4) is 0 Å². The average Bonchev–Trinajstić information content (AvgIpc) is 3.24. The topological polar surface area (TPSA) is 67.3 Å². The normalized spacial score (nSPS) is 24.0. The Kier molecular flexibility index (Phi) is 3.32. The van der Waals surface area contributed by atoms with E-state index in [-0.39, 0.29) is 16.7 Å². The van der Waals surface area contributed by atoms with E-state index in [9.17, 15) is 13.2 Å². The van der Waals surface area contributed by atoms with Crippen molar-refractivity contribution < 1.29 is 13.2 Å². The van der Waals surface area contributed by atoms with Crippen LogP contribution in [-0.4, -0.2) is 36.1 Å². The van der Waals surface area contributed by atoms with Crippen LogP contribution in [0.15, 0.2) is 28.6 Å². The molecular weight excluding hydrogens is 320 g/mol. The summed E-state index contributed by atoms with van der Waals surface area (Å²) in [5, 5.41) is 1.90. The molecule has 3 heterocycles. The quantitative estimate of drug-likeness (QED) is 0.863. The molecule has 1 unspecified atom stereocenters. The molecule has 1 aliphatic heterocycles. The molecule has 2 fully saturated rings. The second-order valence-corrected chi connectivity index (χ2v) is 8.83. The van der Waals surface area contributed by atoms with E-state index in [1.54, 1.807) is 10.4 Å². The summed E-state index contributed by atoms with van der Waals surface area (Å²) in [6, 6.07) is 3.41. The molecule has 0 amide bonds. The van der Waals surface area contributed by atoms with Crippen molar-refractivity contribution in [3.05, 3.63) is 23.7 Å². The molecule has 1 aliphatic carbocycles. The zero-order valence-corrected chi connectivity index (χ0v) is 13.6. The van der Waals surface area contributed by atoms with Crippen LogP contribution in [0.4, 0.5) is 0 Å². The molecule has 1 saturated carbocycles. The Morgan fingerprint density at radius 3 is 2.91 bits per heavy atom. The first-order chi connectivity index (χ1) is 10.6. The summed E-state index contributed by atoms with van der Waals surface area (Å²) in [5.74, 6) is 0.521. The first kappa shape index (κ1) is 14.3. The fourth-order valence-electron chi connectivity index (χ4n) is 3.12. The molecule has 7 heteroatoms. The lowest BCUT2D eigenvalue weighted by Gasteiger charge is -2.34. The van der Waals surface area contributed by atoms with Crippen molar-refractivity contribution in [2.24, 2.45) is 5.92 Å². The third-order valence-electron chi connectivity index (χ3n) is 4.47. The number of nitrogens with zero attached hydrogens (tertiary/aromatic N) is 2. The monoisotopic (exact) mass is 336 g/mol. The summed E-state index contributed by atoms with van der Waals surface area (Å²) in [6.45, 7) is 0.296. The fraction of sp³-hybridized carbons (Fsp3) is 0.467. The van der Waals surface area contributed by atoms with Gasteiger partial charge in [-0.15, -0.1) is 11.3 Å². The molecule has 0 bridgehead atoms. The number of piperidine rings is 1. The van der Waals surface area contributed by atoms with Gasteiger partial charge < -0.3 is 0 Å². The van der Waals surface area contributed by atoms with Crippen LogP contribution in [0.2, 0.25) is 0 Å². The van der Waals surface area contributed by atoms with Crippen LogP contribution in [0.3, 0.4) is 0 Å². The maximum Gasteiger partial charge on any atom is 0.244 e. The van der Waals surface area contributed by atoms with Crippen LogP contribution in [0.5, 0.6) is 0 Å². The molecule has 0 radical (unpaired) electrons. The third kappa shape index (κ3) is 2.37. The summed E-state index contributed by atoms with van der Waals surface area (Å²) in [7, 11) is -3.58. The van der Waals surface area contributed by atoms with Gasteiger partial charge in [0.2, 0.25) is 10.0 Å². The van der Waals surface area contributed by atoms with E-state index in [2.05, 4.69) is 4.98 Å². The molecule has 2 aliphatic rings. The minimum Gasteiger partial charge on any atom is -0.300 e. The summed E-state index contributed by atoms with van der Waals surface area (Å²) in [6.07, 6.45) is 4.15. The third-order valence-corrected chi connectivity index (χ3v) is 7.21. The van der Waals surface area contributed by atoms with E-state index < -0.39 is 10.0 Å². The standard InChI is InChI=1S/C15H16N2O3S2/c18-11-3-5-17(14(7-11)10-1-2-10)22(19,20)12-8-15-13(16-9-12)4-6-21-15/h4,6,8-10,14H,1-3,5,7H2. The highest BCUT2D eigenvalue weighted by Crippen LogP contribution is 2.40.